The van der Waals surface area contributed by atoms with E-state index in [0.717, 1.165) is 12.4 Å². The van der Waals surface area contributed by atoms with Gasteiger partial charge in [-0.15, -0.1) is 24.0 Å². The molecule has 6 nitrogen and oxygen atoms in total. The molecule has 0 heterocycles. The SMILES string of the molecule is CN=C(NCCCF)N(C)CCC(NC(=O)OC(C)(C)C)C(C)C.I. The first-order chi connectivity index (χ1) is 11.1. The summed E-state index contributed by atoms with van der Waals surface area (Å²) in [5.41, 5.74) is -0.509. The van der Waals surface area contributed by atoms with Gasteiger partial charge in [0.2, 0.25) is 0 Å². The van der Waals surface area contributed by atoms with Crippen molar-refractivity contribution >= 4 is 36.0 Å². The zero-order valence-corrected chi connectivity index (χ0v) is 19.0. The Kier molecular flexibility index (Phi) is 14.2. The summed E-state index contributed by atoms with van der Waals surface area (Å²) in [5, 5.41) is 6.06. The molecular formula is C17H36FIN4O2. The molecule has 0 aliphatic rings. The number of hydrogen-bond acceptors (Lipinski definition) is 3. The van der Waals surface area contributed by atoms with Crippen LogP contribution < -0.4 is 10.6 Å². The van der Waals surface area contributed by atoms with Gasteiger partial charge in [0.15, 0.2) is 5.96 Å². The van der Waals surface area contributed by atoms with Crippen LogP contribution in [-0.2, 0) is 4.74 Å². The molecule has 0 aromatic heterocycles. The van der Waals surface area contributed by atoms with E-state index < -0.39 is 11.7 Å². The quantitative estimate of drug-likeness (QED) is 0.245. The van der Waals surface area contributed by atoms with Crippen molar-refractivity contribution in [3.05, 3.63) is 0 Å². The van der Waals surface area contributed by atoms with Crippen LogP contribution in [0, 0.1) is 5.92 Å². The van der Waals surface area contributed by atoms with Crippen LogP contribution in [0.4, 0.5) is 9.18 Å². The standard InChI is InChI=1S/C17H35FN4O2.HI/c1-13(2)14(21-16(23)24-17(3,4)5)9-12-22(7)15(19-6)20-11-8-10-18;/h13-14H,8-12H2,1-7H3,(H,19,20)(H,21,23);1H. The highest BCUT2D eigenvalue weighted by molar-refractivity contribution is 14.0. The lowest BCUT2D eigenvalue weighted by molar-refractivity contribution is 0.0486. The van der Waals surface area contributed by atoms with E-state index in [2.05, 4.69) is 29.5 Å². The molecule has 2 N–H and O–H groups in total. The molecule has 25 heavy (non-hydrogen) atoms. The Morgan fingerprint density at radius 3 is 2.36 bits per heavy atom. The molecule has 150 valence electrons. The van der Waals surface area contributed by atoms with Gasteiger partial charge in [0, 0.05) is 33.2 Å². The van der Waals surface area contributed by atoms with Crippen LogP contribution in [0.3, 0.4) is 0 Å². The van der Waals surface area contributed by atoms with Crippen molar-refractivity contribution in [2.45, 2.75) is 59.1 Å². The van der Waals surface area contributed by atoms with Gasteiger partial charge in [-0.25, -0.2) is 4.79 Å². The summed E-state index contributed by atoms with van der Waals surface area (Å²) in [5.74, 6) is 1.01. The van der Waals surface area contributed by atoms with Crippen molar-refractivity contribution in [2.24, 2.45) is 10.9 Å². The van der Waals surface area contributed by atoms with Crippen molar-refractivity contribution in [1.82, 2.24) is 15.5 Å². The molecule has 8 heteroatoms. The van der Waals surface area contributed by atoms with E-state index in [1.807, 2.05) is 32.7 Å². The maximum absolute atomic E-state index is 12.2. The topological polar surface area (TPSA) is 66.0 Å². The minimum absolute atomic E-state index is 0. The van der Waals surface area contributed by atoms with E-state index in [9.17, 15) is 9.18 Å². The molecular weight excluding hydrogens is 438 g/mol. The predicted molar refractivity (Wildman–Crippen MR) is 113 cm³/mol. The van der Waals surface area contributed by atoms with Gasteiger partial charge in [0.05, 0.1) is 6.67 Å². The van der Waals surface area contributed by atoms with E-state index in [1.165, 1.54) is 0 Å². The number of alkyl carbamates (subject to hydrolysis) is 1. The Balaban J connectivity index is 0. The smallest absolute Gasteiger partial charge is 0.407 e. The summed E-state index contributed by atoms with van der Waals surface area (Å²) in [4.78, 5) is 18.1. The first-order valence-electron chi connectivity index (χ1n) is 8.58. The van der Waals surface area contributed by atoms with Gasteiger partial charge < -0.3 is 20.3 Å². The number of aliphatic imine (C=N–C) groups is 1. The van der Waals surface area contributed by atoms with Crippen LogP contribution in [0.2, 0.25) is 0 Å². The van der Waals surface area contributed by atoms with Crippen molar-refractivity contribution < 1.29 is 13.9 Å². The zero-order chi connectivity index (χ0) is 18.8. The van der Waals surface area contributed by atoms with Gasteiger partial charge in [0.1, 0.15) is 5.60 Å². The van der Waals surface area contributed by atoms with Crippen molar-refractivity contribution in [2.75, 3.05) is 33.9 Å². The molecule has 0 bridgehead atoms. The number of carbonyl (C=O) groups is 1. The zero-order valence-electron chi connectivity index (χ0n) is 16.7. The number of rotatable bonds is 8. The van der Waals surface area contributed by atoms with Gasteiger partial charge in [-0.3, -0.25) is 9.38 Å². The Hall–Kier alpha value is -0.800. The van der Waals surface area contributed by atoms with Crippen molar-refractivity contribution in [1.29, 1.82) is 0 Å². The van der Waals surface area contributed by atoms with E-state index >= 15 is 0 Å². The van der Waals surface area contributed by atoms with Gasteiger partial charge in [-0.1, -0.05) is 13.8 Å². The number of alkyl halides is 1. The Morgan fingerprint density at radius 1 is 1.32 bits per heavy atom. The molecule has 1 amide bonds. The third kappa shape index (κ3) is 13.1. The summed E-state index contributed by atoms with van der Waals surface area (Å²) >= 11 is 0. The summed E-state index contributed by atoms with van der Waals surface area (Å²) in [6.45, 7) is 10.6. The molecule has 0 spiro atoms. The Labute approximate surface area is 169 Å². The first kappa shape index (κ1) is 26.4. The number of hydrogen-bond donors (Lipinski definition) is 2. The number of guanidine groups is 1. The molecule has 0 fully saturated rings. The lowest BCUT2D eigenvalue weighted by atomic mass is 10.0. The van der Waals surface area contributed by atoms with Crippen LogP contribution >= 0.6 is 24.0 Å². The largest absolute Gasteiger partial charge is 0.444 e. The average molecular weight is 474 g/mol. The Morgan fingerprint density at radius 2 is 1.92 bits per heavy atom. The van der Waals surface area contributed by atoms with Crippen LogP contribution in [-0.4, -0.2) is 62.5 Å². The maximum Gasteiger partial charge on any atom is 0.407 e. The maximum atomic E-state index is 12.2. The molecule has 0 rings (SSSR count). The highest BCUT2D eigenvalue weighted by Gasteiger charge is 2.22. The van der Waals surface area contributed by atoms with E-state index in [4.69, 9.17) is 4.74 Å². The van der Waals surface area contributed by atoms with Gasteiger partial charge >= 0.3 is 6.09 Å². The molecule has 1 atom stereocenters. The normalized spacial score (nSPS) is 13.1. The van der Waals surface area contributed by atoms with Gasteiger partial charge in [-0.2, -0.15) is 0 Å². The lowest BCUT2D eigenvalue weighted by Gasteiger charge is -2.28. The number of carbonyl (C=O) groups excluding carboxylic acids is 1. The molecule has 0 radical (unpaired) electrons. The molecule has 1 unspecified atom stereocenters. The van der Waals surface area contributed by atoms with Gasteiger partial charge in [-0.05, 0) is 39.5 Å². The highest BCUT2D eigenvalue weighted by Crippen LogP contribution is 2.11. The average Bonchev–Trinajstić information content (AvgIpc) is 2.45. The second-order valence-electron chi connectivity index (χ2n) is 7.22. The summed E-state index contributed by atoms with van der Waals surface area (Å²) in [7, 11) is 3.63. The lowest BCUT2D eigenvalue weighted by Crippen LogP contribution is -2.45. The third-order valence-electron chi connectivity index (χ3n) is 3.45. The summed E-state index contributed by atoms with van der Waals surface area (Å²) in [6.07, 6.45) is 0.827. The number of halogens is 2. The number of nitrogens with one attached hydrogen (secondary N) is 2. The fourth-order valence-electron chi connectivity index (χ4n) is 2.12. The highest BCUT2D eigenvalue weighted by atomic mass is 127. The predicted octanol–water partition coefficient (Wildman–Crippen LogP) is 3.41. The molecule has 0 saturated heterocycles. The summed E-state index contributed by atoms with van der Waals surface area (Å²) in [6, 6.07) is 0.00579. The molecule has 0 saturated carbocycles. The van der Waals surface area contributed by atoms with Crippen LogP contribution in [0.1, 0.15) is 47.5 Å². The van der Waals surface area contributed by atoms with Crippen LogP contribution in [0.25, 0.3) is 0 Å². The van der Waals surface area contributed by atoms with Crippen LogP contribution in [0.15, 0.2) is 4.99 Å². The molecule has 0 aliphatic heterocycles. The molecule has 0 aromatic carbocycles. The third-order valence-corrected chi connectivity index (χ3v) is 3.45. The number of amides is 1. The molecule has 0 aliphatic carbocycles. The van der Waals surface area contributed by atoms with E-state index in [-0.39, 0.29) is 42.6 Å². The minimum Gasteiger partial charge on any atom is -0.444 e. The fourth-order valence-corrected chi connectivity index (χ4v) is 2.12. The van der Waals surface area contributed by atoms with Crippen molar-refractivity contribution in [3.63, 3.8) is 0 Å². The summed E-state index contributed by atoms with van der Waals surface area (Å²) < 4.78 is 17.5. The first-order valence-corrected chi connectivity index (χ1v) is 8.58. The second kappa shape index (κ2) is 13.4. The monoisotopic (exact) mass is 474 g/mol. The Bertz CT molecular complexity index is 401. The van der Waals surface area contributed by atoms with Crippen LogP contribution in [0.5, 0.6) is 0 Å². The number of ether oxygens (including phenoxy) is 1. The van der Waals surface area contributed by atoms with Crippen molar-refractivity contribution in [3.8, 4) is 0 Å². The minimum atomic E-state index is -0.509. The van der Waals surface area contributed by atoms with Gasteiger partial charge in [0.25, 0.3) is 0 Å². The fraction of sp³-hybridized carbons (Fsp3) is 0.882. The number of nitrogens with zero attached hydrogens (tertiary/aromatic N) is 2. The molecule has 0 aromatic rings. The van der Waals surface area contributed by atoms with E-state index in [1.54, 1.807) is 7.05 Å². The second-order valence-corrected chi connectivity index (χ2v) is 7.22. The van der Waals surface area contributed by atoms with E-state index in [0.29, 0.717) is 19.5 Å².